The largest absolute Gasteiger partial charge is 0.481 e. The van der Waals surface area contributed by atoms with Gasteiger partial charge in [-0.15, -0.1) is 0 Å². The fraction of sp³-hybridized carbons (Fsp3) is 0.857. The normalized spacial score (nSPS) is 22.9. The molecule has 0 aromatic carbocycles. The quantitative estimate of drug-likeness (QED) is 0.684. The molecule has 0 aliphatic heterocycles. The Morgan fingerprint density at radius 2 is 1.68 bits per heavy atom. The summed E-state index contributed by atoms with van der Waals surface area (Å²) in [5.74, 6) is -0.784. The molecule has 2 fully saturated rings. The summed E-state index contributed by atoms with van der Waals surface area (Å²) >= 11 is 0. The maximum Gasteiger partial charge on any atom is 0.315 e. The highest BCUT2D eigenvalue weighted by Crippen LogP contribution is 2.40. The number of aliphatic carboxylic acids is 1. The molecule has 2 saturated carbocycles. The van der Waals surface area contributed by atoms with Crippen LogP contribution in [0.4, 0.5) is 4.79 Å². The van der Waals surface area contributed by atoms with E-state index in [0.717, 1.165) is 19.3 Å². The van der Waals surface area contributed by atoms with Crippen LogP contribution >= 0.6 is 0 Å². The Morgan fingerprint density at radius 3 is 2.16 bits per heavy atom. The number of carbonyl (C=O) groups excluding carboxylic acids is 1. The zero-order chi connectivity index (χ0) is 13.7. The zero-order valence-corrected chi connectivity index (χ0v) is 11.4. The molecule has 2 aliphatic carbocycles. The van der Waals surface area contributed by atoms with Crippen molar-refractivity contribution in [2.45, 2.75) is 63.8 Å². The van der Waals surface area contributed by atoms with Crippen molar-refractivity contribution in [1.82, 2.24) is 10.6 Å². The van der Waals surface area contributed by atoms with Gasteiger partial charge in [-0.25, -0.2) is 4.79 Å². The number of amides is 2. The Balaban J connectivity index is 1.73. The molecule has 108 valence electrons. The molecule has 0 atom stereocenters. The van der Waals surface area contributed by atoms with E-state index in [4.69, 9.17) is 0 Å². The predicted molar refractivity (Wildman–Crippen MR) is 71.9 cm³/mol. The first-order chi connectivity index (χ1) is 9.12. The Hall–Kier alpha value is -1.26. The average Bonchev–Trinajstić information content (AvgIpc) is 2.55. The number of rotatable bonds is 4. The molecule has 0 bridgehead atoms. The molecule has 5 nitrogen and oxygen atoms in total. The summed E-state index contributed by atoms with van der Waals surface area (Å²) in [6.07, 6.45) is 9.21. The van der Waals surface area contributed by atoms with Gasteiger partial charge in [0.2, 0.25) is 0 Å². The Kier molecular flexibility index (Phi) is 4.66. The van der Waals surface area contributed by atoms with E-state index in [0.29, 0.717) is 12.8 Å². The Bertz CT molecular complexity index is 332. The lowest BCUT2D eigenvalue weighted by Gasteiger charge is -2.37. The van der Waals surface area contributed by atoms with Gasteiger partial charge in [0.05, 0.1) is 5.41 Å². The lowest BCUT2D eigenvalue weighted by molar-refractivity contribution is -0.153. The smallest absolute Gasteiger partial charge is 0.315 e. The Labute approximate surface area is 114 Å². The molecule has 0 heterocycles. The first kappa shape index (κ1) is 14.2. The van der Waals surface area contributed by atoms with E-state index in [-0.39, 0.29) is 18.6 Å². The van der Waals surface area contributed by atoms with Crippen LogP contribution in [0.3, 0.4) is 0 Å². The minimum Gasteiger partial charge on any atom is -0.481 e. The van der Waals surface area contributed by atoms with Crippen molar-refractivity contribution in [3.63, 3.8) is 0 Å². The third-order valence-corrected chi connectivity index (χ3v) is 4.54. The van der Waals surface area contributed by atoms with Crippen LogP contribution in [-0.4, -0.2) is 29.7 Å². The molecule has 0 saturated heterocycles. The molecule has 0 aromatic rings. The first-order valence-corrected chi connectivity index (χ1v) is 7.40. The van der Waals surface area contributed by atoms with E-state index in [2.05, 4.69) is 10.6 Å². The number of carbonyl (C=O) groups is 2. The standard InChI is InChI=1S/C14H24N2O3/c17-12(18)14(8-5-9-14)10-15-13(19)16-11-6-3-1-2-4-7-11/h11H,1-10H2,(H,17,18)(H2,15,16,19). The van der Waals surface area contributed by atoms with Gasteiger partial charge in [-0.2, -0.15) is 0 Å². The van der Waals surface area contributed by atoms with Crippen molar-refractivity contribution in [2.24, 2.45) is 5.41 Å². The average molecular weight is 268 g/mol. The number of urea groups is 1. The number of carboxylic acids is 1. The molecule has 5 heteroatoms. The molecule has 2 rings (SSSR count). The van der Waals surface area contributed by atoms with Gasteiger partial charge in [0.15, 0.2) is 0 Å². The van der Waals surface area contributed by atoms with Gasteiger partial charge in [-0.3, -0.25) is 4.79 Å². The topological polar surface area (TPSA) is 78.4 Å². The van der Waals surface area contributed by atoms with Crippen LogP contribution < -0.4 is 10.6 Å². The third-order valence-electron chi connectivity index (χ3n) is 4.54. The summed E-state index contributed by atoms with van der Waals surface area (Å²) in [7, 11) is 0. The first-order valence-electron chi connectivity index (χ1n) is 7.40. The highest BCUT2D eigenvalue weighted by atomic mass is 16.4. The van der Waals surface area contributed by atoms with E-state index in [9.17, 15) is 14.7 Å². The molecule has 19 heavy (non-hydrogen) atoms. The van der Waals surface area contributed by atoms with E-state index in [1.807, 2.05) is 0 Å². The van der Waals surface area contributed by atoms with E-state index in [1.165, 1.54) is 25.7 Å². The van der Waals surface area contributed by atoms with Gasteiger partial charge in [0.1, 0.15) is 0 Å². The minimum atomic E-state index is -0.784. The number of carboxylic acid groups (broad SMARTS) is 1. The van der Waals surface area contributed by atoms with Gasteiger partial charge in [-0.05, 0) is 25.7 Å². The Morgan fingerprint density at radius 1 is 1.05 bits per heavy atom. The highest BCUT2D eigenvalue weighted by molar-refractivity contribution is 5.78. The molecule has 0 aromatic heterocycles. The molecule has 2 amide bonds. The van der Waals surface area contributed by atoms with Gasteiger partial charge in [0, 0.05) is 12.6 Å². The van der Waals surface area contributed by atoms with Crippen LogP contribution in [0.5, 0.6) is 0 Å². The van der Waals surface area contributed by atoms with Crippen LogP contribution in [-0.2, 0) is 4.79 Å². The second-order valence-corrected chi connectivity index (χ2v) is 5.95. The van der Waals surface area contributed by atoms with Crippen LogP contribution in [0.25, 0.3) is 0 Å². The van der Waals surface area contributed by atoms with Crippen molar-refractivity contribution in [2.75, 3.05) is 6.54 Å². The molecular weight excluding hydrogens is 244 g/mol. The summed E-state index contributed by atoms with van der Waals surface area (Å²) in [4.78, 5) is 23.0. The SMILES string of the molecule is O=C(NCC1(C(=O)O)CCC1)NC1CCCCCC1. The number of nitrogens with one attached hydrogen (secondary N) is 2. The van der Waals surface area contributed by atoms with E-state index < -0.39 is 11.4 Å². The van der Waals surface area contributed by atoms with Crippen molar-refractivity contribution in [3.8, 4) is 0 Å². The maximum absolute atomic E-state index is 11.8. The minimum absolute atomic E-state index is 0.209. The van der Waals surface area contributed by atoms with Gasteiger partial charge >= 0.3 is 12.0 Å². The summed E-state index contributed by atoms with van der Waals surface area (Å²) in [5, 5.41) is 14.9. The second kappa shape index (κ2) is 6.26. The third kappa shape index (κ3) is 3.61. The van der Waals surface area contributed by atoms with E-state index >= 15 is 0 Å². The molecule has 0 spiro atoms. The summed E-state index contributed by atoms with van der Waals surface area (Å²) in [6.45, 7) is 0.251. The summed E-state index contributed by atoms with van der Waals surface area (Å²) in [5.41, 5.74) is -0.708. The molecular formula is C14H24N2O3. The maximum atomic E-state index is 11.8. The highest BCUT2D eigenvalue weighted by Gasteiger charge is 2.44. The number of hydrogen-bond acceptors (Lipinski definition) is 2. The van der Waals surface area contributed by atoms with Crippen molar-refractivity contribution in [1.29, 1.82) is 0 Å². The number of hydrogen-bond donors (Lipinski definition) is 3. The molecule has 0 radical (unpaired) electrons. The summed E-state index contributed by atoms with van der Waals surface area (Å²) in [6, 6.07) is 0.0455. The van der Waals surface area contributed by atoms with Crippen molar-refractivity contribution in [3.05, 3.63) is 0 Å². The van der Waals surface area contributed by atoms with Crippen LogP contribution in [0.1, 0.15) is 57.8 Å². The molecule has 3 N–H and O–H groups in total. The second-order valence-electron chi connectivity index (χ2n) is 5.95. The van der Waals surface area contributed by atoms with E-state index in [1.54, 1.807) is 0 Å². The van der Waals surface area contributed by atoms with Gasteiger partial charge < -0.3 is 15.7 Å². The monoisotopic (exact) mass is 268 g/mol. The fourth-order valence-corrected chi connectivity index (χ4v) is 2.98. The van der Waals surface area contributed by atoms with Crippen molar-refractivity contribution >= 4 is 12.0 Å². The predicted octanol–water partition coefficient (Wildman–Crippen LogP) is 2.26. The summed E-state index contributed by atoms with van der Waals surface area (Å²) < 4.78 is 0. The zero-order valence-electron chi connectivity index (χ0n) is 11.4. The molecule has 0 unspecified atom stereocenters. The lowest BCUT2D eigenvalue weighted by Crippen LogP contribution is -2.51. The van der Waals surface area contributed by atoms with Crippen molar-refractivity contribution < 1.29 is 14.7 Å². The van der Waals surface area contributed by atoms with Crippen LogP contribution in [0.15, 0.2) is 0 Å². The fourth-order valence-electron chi connectivity index (χ4n) is 2.98. The van der Waals surface area contributed by atoms with Gasteiger partial charge in [-0.1, -0.05) is 32.1 Å². The van der Waals surface area contributed by atoms with Gasteiger partial charge in [0.25, 0.3) is 0 Å². The molecule has 2 aliphatic rings. The lowest BCUT2D eigenvalue weighted by atomic mass is 9.69. The van der Waals surface area contributed by atoms with Crippen LogP contribution in [0.2, 0.25) is 0 Å². The van der Waals surface area contributed by atoms with Crippen LogP contribution in [0, 0.1) is 5.41 Å².